The molecule has 0 bridgehead atoms. The van der Waals surface area contributed by atoms with E-state index in [2.05, 4.69) is 25.5 Å². The topological polar surface area (TPSA) is 102 Å². The molecule has 3 heterocycles. The molecule has 0 aliphatic carbocycles. The zero-order valence-corrected chi connectivity index (χ0v) is 16.3. The first-order chi connectivity index (χ1) is 14.7. The Kier molecular flexibility index (Phi) is 4.51. The monoisotopic (exact) mass is 401 g/mol. The molecule has 0 saturated heterocycles. The van der Waals surface area contributed by atoms with Crippen LogP contribution in [0.15, 0.2) is 48.9 Å². The van der Waals surface area contributed by atoms with E-state index in [1.165, 1.54) is 6.33 Å². The summed E-state index contributed by atoms with van der Waals surface area (Å²) in [5, 5.41) is 10.9. The van der Waals surface area contributed by atoms with Gasteiger partial charge in [0.1, 0.15) is 19.5 Å². The molecule has 0 radical (unpaired) electrons. The van der Waals surface area contributed by atoms with Crippen LogP contribution in [0.25, 0.3) is 22.2 Å². The van der Waals surface area contributed by atoms with Crippen molar-refractivity contribution in [2.24, 2.45) is 0 Å². The lowest BCUT2D eigenvalue weighted by Crippen LogP contribution is -2.17. The van der Waals surface area contributed by atoms with Gasteiger partial charge in [-0.25, -0.2) is 9.97 Å². The van der Waals surface area contributed by atoms with E-state index in [-0.39, 0.29) is 12.3 Å². The second-order valence-corrected chi connectivity index (χ2v) is 7.09. The number of aromatic nitrogens is 4. The molecule has 30 heavy (non-hydrogen) atoms. The average molecular weight is 401 g/mol. The fourth-order valence-corrected chi connectivity index (χ4v) is 3.52. The van der Waals surface area contributed by atoms with Crippen molar-refractivity contribution in [1.29, 1.82) is 0 Å². The summed E-state index contributed by atoms with van der Waals surface area (Å²) < 4.78 is 11.1. The van der Waals surface area contributed by atoms with Crippen molar-refractivity contribution in [2.45, 2.75) is 13.3 Å². The number of H-pyrrole nitrogens is 1. The summed E-state index contributed by atoms with van der Waals surface area (Å²) in [5.74, 6) is 1.70. The fourth-order valence-electron chi connectivity index (χ4n) is 3.52. The summed E-state index contributed by atoms with van der Waals surface area (Å²) in [6, 6.07) is 11.4. The summed E-state index contributed by atoms with van der Waals surface area (Å²) >= 11 is 0. The third-order valence-corrected chi connectivity index (χ3v) is 4.96. The van der Waals surface area contributed by atoms with Crippen molar-refractivity contribution >= 4 is 22.6 Å². The highest BCUT2D eigenvalue weighted by Gasteiger charge is 2.15. The van der Waals surface area contributed by atoms with Gasteiger partial charge in [-0.3, -0.25) is 9.89 Å². The first kappa shape index (κ1) is 18.1. The Labute approximate surface area is 172 Å². The van der Waals surface area contributed by atoms with Crippen LogP contribution < -0.4 is 14.8 Å². The maximum absolute atomic E-state index is 12.6. The van der Waals surface area contributed by atoms with E-state index in [0.717, 1.165) is 33.3 Å². The maximum atomic E-state index is 12.6. The van der Waals surface area contributed by atoms with Gasteiger partial charge in [0.15, 0.2) is 17.3 Å². The summed E-state index contributed by atoms with van der Waals surface area (Å²) in [5.41, 5.74) is 4.44. The Morgan fingerprint density at radius 2 is 2.00 bits per heavy atom. The van der Waals surface area contributed by atoms with Gasteiger partial charge in [0.2, 0.25) is 5.91 Å². The van der Waals surface area contributed by atoms with Crippen LogP contribution in [0, 0.1) is 6.92 Å². The number of rotatable bonds is 4. The number of nitrogens with one attached hydrogen (secondary N) is 2. The van der Waals surface area contributed by atoms with E-state index in [9.17, 15) is 4.79 Å². The van der Waals surface area contributed by atoms with Gasteiger partial charge >= 0.3 is 0 Å². The standard InChI is InChI=1S/C22H19N5O3/c1-13-11-23-12-24-21(13)15-3-4-17-16(10-15)22(27-26-17)25-20(28)9-14-2-5-18-19(8-14)30-7-6-29-18/h2-5,8,10-12H,6-7,9H2,1H3,(H2,25,26,27,28). The van der Waals surface area contributed by atoms with E-state index >= 15 is 0 Å². The zero-order valence-electron chi connectivity index (χ0n) is 16.3. The number of benzene rings is 2. The Morgan fingerprint density at radius 1 is 1.13 bits per heavy atom. The summed E-state index contributed by atoms with van der Waals surface area (Å²) in [6.07, 6.45) is 3.51. The predicted molar refractivity (Wildman–Crippen MR) is 112 cm³/mol. The largest absolute Gasteiger partial charge is 0.486 e. The van der Waals surface area contributed by atoms with E-state index in [4.69, 9.17) is 9.47 Å². The smallest absolute Gasteiger partial charge is 0.230 e. The summed E-state index contributed by atoms with van der Waals surface area (Å²) in [4.78, 5) is 21.1. The first-order valence-electron chi connectivity index (χ1n) is 9.61. The minimum atomic E-state index is -0.163. The van der Waals surface area contributed by atoms with Gasteiger partial charge in [-0.2, -0.15) is 5.10 Å². The highest BCUT2D eigenvalue weighted by atomic mass is 16.6. The number of aromatic amines is 1. The third kappa shape index (κ3) is 3.43. The quantitative estimate of drug-likeness (QED) is 0.544. The van der Waals surface area contributed by atoms with Gasteiger partial charge in [0, 0.05) is 17.1 Å². The van der Waals surface area contributed by atoms with Gasteiger partial charge in [-0.15, -0.1) is 0 Å². The van der Waals surface area contributed by atoms with Crippen LogP contribution in [0.2, 0.25) is 0 Å². The van der Waals surface area contributed by atoms with Gasteiger partial charge in [-0.1, -0.05) is 12.1 Å². The molecule has 8 nitrogen and oxygen atoms in total. The molecule has 2 aromatic heterocycles. The molecule has 8 heteroatoms. The van der Waals surface area contributed by atoms with Gasteiger partial charge < -0.3 is 14.8 Å². The lowest BCUT2D eigenvalue weighted by molar-refractivity contribution is -0.115. The second kappa shape index (κ2) is 7.47. The highest BCUT2D eigenvalue weighted by Crippen LogP contribution is 2.31. The van der Waals surface area contributed by atoms with Crippen molar-refractivity contribution in [3.8, 4) is 22.8 Å². The Morgan fingerprint density at radius 3 is 2.87 bits per heavy atom. The zero-order chi connectivity index (χ0) is 20.5. The van der Waals surface area contributed by atoms with Crippen molar-refractivity contribution in [1.82, 2.24) is 20.2 Å². The molecule has 2 N–H and O–H groups in total. The summed E-state index contributed by atoms with van der Waals surface area (Å²) in [6.45, 7) is 3.01. The molecule has 4 aromatic rings. The predicted octanol–water partition coefficient (Wildman–Crippen LogP) is 3.28. The molecule has 2 aromatic carbocycles. The minimum Gasteiger partial charge on any atom is -0.486 e. The van der Waals surface area contributed by atoms with E-state index in [0.29, 0.717) is 30.5 Å². The lowest BCUT2D eigenvalue weighted by atomic mass is 10.1. The Balaban J connectivity index is 1.38. The molecule has 0 unspecified atom stereocenters. The van der Waals surface area contributed by atoms with Crippen LogP contribution in [-0.2, 0) is 11.2 Å². The second-order valence-electron chi connectivity index (χ2n) is 7.09. The van der Waals surface area contributed by atoms with E-state index in [1.807, 2.05) is 43.3 Å². The molecule has 0 atom stereocenters. The molecule has 1 amide bonds. The molecule has 0 fully saturated rings. The molecule has 5 rings (SSSR count). The minimum absolute atomic E-state index is 0.163. The number of nitrogens with zero attached hydrogens (tertiary/aromatic N) is 3. The number of carbonyl (C=O) groups excluding carboxylic acids is 1. The molecule has 0 spiro atoms. The fraction of sp³-hybridized carbons (Fsp3) is 0.182. The van der Waals surface area contributed by atoms with Crippen molar-refractivity contribution < 1.29 is 14.3 Å². The molecule has 150 valence electrons. The van der Waals surface area contributed by atoms with Crippen LogP contribution in [0.5, 0.6) is 11.5 Å². The highest BCUT2D eigenvalue weighted by molar-refractivity contribution is 6.01. The van der Waals surface area contributed by atoms with Gasteiger partial charge in [0.05, 0.1) is 17.6 Å². The van der Waals surface area contributed by atoms with Crippen LogP contribution in [0.1, 0.15) is 11.1 Å². The number of fused-ring (bicyclic) bond motifs is 2. The summed E-state index contributed by atoms with van der Waals surface area (Å²) in [7, 11) is 0. The van der Waals surface area contributed by atoms with Crippen LogP contribution >= 0.6 is 0 Å². The molecule has 0 saturated carbocycles. The van der Waals surface area contributed by atoms with Gasteiger partial charge in [0.25, 0.3) is 0 Å². The SMILES string of the molecule is Cc1cncnc1-c1ccc2[nH]nc(NC(=O)Cc3ccc4c(c3)OCCO4)c2c1. The molecule has 1 aliphatic heterocycles. The molecule has 1 aliphatic rings. The maximum Gasteiger partial charge on any atom is 0.230 e. The van der Waals surface area contributed by atoms with E-state index < -0.39 is 0 Å². The van der Waals surface area contributed by atoms with Crippen LogP contribution in [0.3, 0.4) is 0 Å². The van der Waals surface area contributed by atoms with Crippen molar-refractivity contribution in [3.63, 3.8) is 0 Å². The number of hydrogen-bond donors (Lipinski definition) is 2. The van der Waals surface area contributed by atoms with Crippen molar-refractivity contribution in [2.75, 3.05) is 18.5 Å². The van der Waals surface area contributed by atoms with Gasteiger partial charge in [-0.05, 0) is 42.3 Å². The number of ether oxygens (including phenoxy) is 2. The normalized spacial score (nSPS) is 12.7. The number of amides is 1. The van der Waals surface area contributed by atoms with Crippen LogP contribution in [0.4, 0.5) is 5.82 Å². The lowest BCUT2D eigenvalue weighted by Gasteiger charge is -2.18. The number of hydrogen-bond acceptors (Lipinski definition) is 6. The Bertz CT molecular complexity index is 1250. The Hall–Kier alpha value is -3.94. The number of carbonyl (C=O) groups is 1. The first-order valence-corrected chi connectivity index (χ1v) is 9.61. The number of anilines is 1. The number of aryl methyl sites for hydroxylation is 1. The molecular weight excluding hydrogens is 382 g/mol. The van der Waals surface area contributed by atoms with Crippen LogP contribution in [-0.4, -0.2) is 39.3 Å². The average Bonchev–Trinajstić information content (AvgIpc) is 3.16. The van der Waals surface area contributed by atoms with Crippen molar-refractivity contribution in [3.05, 3.63) is 60.0 Å². The third-order valence-electron chi connectivity index (χ3n) is 4.96. The molecular formula is C22H19N5O3. The van der Waals surface area contributed by atoms with E-state index in [1.54, 1.807) is 6.20 Å².